The average Bonchev–Trinajstić information content (AvgIpc) is 2.45. The molecular formula is C13H18O6. The average molecular weight is 270 g/mol. The number of aliphatic hydroxyl groups is 2. The van der Waals surface area contributed by atoms with Gasteiger partial charge in [-0.3, -0.25) is 4.79 Å². The SMILES string of the molecule is COC(=O)CC(O)C(O)c1cc(OC)ccc1OC. The van der Waals surface area contributed by atoms with E-state index in [1.165, 1.54) is 21.3 Å². The van der Waals surface area contributed by atoms with Gasteiger partial charge in [-0.1, -0.05) is 0 Å². The van der Waals surface area contributed by atoms with E-state index in [1.807, 2.05) is 0 Å². The minimum atomic E-state index is -1.28. The van der Waals surface area contributed by atoms with Crippen LogP contribution in [0.2, 0.25) is 0 Å². The van der Waals surface area contributed by atoms with E-state index in [1.54, 1.807) is 18.2 Å². The molecule has 0 heterocycles. The summed E-state index contributed by atoms with van der Waals surface area (Å²) >= 11 is 0. The van der Waals surface area contributed by atoms with E-state index in [0.29, 0.717) is 17.1 Å². The van der Waals surface area contributed by atoms with Gasteiger partial charge in [0.1, 0.15) is 17.6 Å². The Bertz CT molecular complexity index is 431. The number of carbonyl (C=O) groups is 1. The van der Waals surface area contributed by atoms with Crippen LogP contribution in [0.5, 0.6) is 11.5 Å². The van der Waals surface area contributed by atoms with E-state index in [9.17, 15) is 15.0 Å². The first-order valence-corrected chi connectivity index (χ1v) is 5.68. The summed E-state index contributed by atoms with van der Waals surface area (Å²) in [6.45, 7) is 0. The molecule has 0 aliphatic carbocycles. The van der Waals surface area contributed by atoms with Crippen LogP contribution in [0.1, 0.15) is 18.1 Å². The minimum absolute atomic E-state index is 0.308. The van der Waals surface area contributed by atoms with E-state index in [-0.39, 0.29) is 6.42 Å². The van der Waals surface area contributed by atoms with Crippen molar-refractivity contribution in [1.82, 2.24) is 0 Å². The summed E-state index contributed by atoms with van der Waals surface area (Å²) < 4.78 is 14.6. The zero-order valence-corrected chi connectivity index (χ0v) is 11.1. The molecule has 0 amide bonds. The smallest absolute Gasteiger partial charge is 0.308 e. The molecule has 0 aromatic heterocycles. The number of hydrogen-bond acceptors (Lipinski definition) is 6. The predicted octanol–water partition coefficient (Wildman–Crippen LogP) is 0.661. The molecule has 0 saturated carbocycles. The van der Waals surface area contributed by atoms with Crippen molar-refractivity contribution in [2.45, 2.75) is 18.6 Å². The minimum Gasteiger partial charge on any atom is -0.497 e. The fourth-order valence-electron chi connectivity index (χ4n) is 1.64. The van der Waals surface area contributed by atoms with Gasteiger partial charge in [0.05, 0.1) is 33.9 Å². The van der Waals surface area contributed by atoms with Crippen LogP contribution in [0, 0.1) is 0 Å². The molecule has 0 bridgehead atoms. The van der Waals surface area contributed by atoms with Gasteiger partial charge in [-0.05, 0) is 18.2 Å². The van der Waals surface area contributed by atoms with Crippen LogP contribution < -0.4 is 9.47 Å². The third kappa shape index (κ3) is 3.84. The number of benzene rings is 1. The van der Waals surface area contributed by atoms with Crippen molar-refractivity contribution in [1.29, 1.82) is 0 Å². The van der Waals surface area contributed by atoms with Gasteiger partial charge >= 0.3 is 5.97 Å². The standard InChI is InChI=1S/C13H18O6/c1-17-8-4-5-11(18-2)9(6-8)13(16)10(14)7-12(15)19-3/h4-6,10,13-14,16H,7H2,1-3H3. The fraction of sp³-hybridized carbons (Fsp3) is 0.462. The molecule has 2 atom stereocenters. The lowest BCUT2D eigenvalue weighted by molar-refractivity contribution is -0.144. The first-order chi connectivity index (χ1) is 9.03. The first-order valence-electron chi connectivity index (χ1n) is 5.68. The summed E-state index contributed by atoms with van der Waals surface area (Å²) in [6.07, 6.45) is -2.87. The number of rotatable bonds is 6. The molecule has 6 nitrogen and oxygen atoms in total. The molecule has 0 fully saturated rings. The summed E-state index contributed by atoms with van der Waals surface area (Å²) in [5, 5.41) is 19.9. The Kier molecular flexibility index (Phi) is 5.59. The van der Waals surface area contributed by atoms with Crippen LogP contribution in [0.25, 0.3) is 0 Å². The van der Waals surface area contributed by atoms with Crippen LogP contribution in [0.15, 0.2) is 18.2 Å². The van der Waals surface area contributed by atoms with Crippen molar-refractivity contribution in [3.8, 4) is 11.5 Å². The highest BCUT2D eigenvalue weighted by atomic mass is 16.5. The molecule has 0 radical (unpaired) electrons. The summed E-state index contributed by atoms with van der Waals surface area (Å²) in [7, 11) is 4.15. The Balaban J connectivity index is 2.96. The molecule has 19 heavy (non-hydrogen) atoms. The van der Waals surface area contributed by atoms with Gasteiger partial charge in [0.25, 0.3) is 0 Å². The molecule has 0 saturated heterocycles. The topological polar surface area (TPSA) is 85.2 Å². The number of methoxy groups -OCH3 is 3. The summed E-state index contributed by atoms with van der Waals surface area (Å²) in [5.74, 6) is 0.311. The van der Waals surface area contributed by atoms with Gasteiger partial charge in [0.15, 0.2) is 0 Å². The highest BCUT2D eigenvalue weighted by Crippen LogP contribution is 2.31. The van der Waals surface area contributed by atoms with Gasteiger partial charge < -0.3 is 24.4 Å². The van der Waals surface area contributed by atoms with Crippen molar-refractivity contribution in [2.24, 2.45) is 0 Å². The lowest BCUT2D eigenvalue weighted by Gasteiger charge is -2.20. The molecule has 1 aromatic carbocycles. The maximum absolute atomic E-state index is 11.1. The third-order valence-corrected chi connectivity index (χ3v) is 2.72. The highest BCUT2D eigenvalue weighted by Gasteiger charge is 2.25. The Morgan fingerprint density at radius 1 is 1.21 bits per heavy atom. The first kappa shape index (κ1) is 15.3. The van der Waals surface area contributed by atoms with Gasteiger partial charge in [0, 0.05) is 5.56 Å². The second kappa shape index (κ2) is 6.96. The molecule has 0 aliphatic rings. The van der Waals surface area contributed by atoms with Gasteiger partial charge in [0.2, 0.25) is 0 Å². The number of carbonyl (C=O) groups excluding carboxylic acids is 1. The van der Waals surface area contributed by atoms with E-state index in [4.69, 9.17) is 9.47 Å². The fourth-order valence-corrected chi connectivity index (χ4v) is 1.64. The van der Waals surface area contributed by atoms with Gasteiger partial charge in [-0.2, -0.15) is 0 Å². The highest BCUT2D eigenvalue weighted by molar-refractivity contribution is 5.69. The maximum atomic E-state index is 11.1. The van der Waals surface area contributed by atoms with Crippen molar-refractivity contribution in [2.75, 3.05) is 21.3 Å². The maximum Gasteiger partial charge on any atom is 0.308 e. The zero-order valence-electron chi connectivity index (χ0n) is 11.1. The van der Waals surface area contributed by atoms with E-state index >= 15 is 0 Å². The Labute approximate surface area is 111 Å². The van der Waals surface area contributed by atoms with Gasteiger partial charge in [-0.15, -0.1) is 0 Å². The van der Waals surface area contributed by atoms with Crippen molar-refractivity contribution in [3.05, 3.63) is 23.8 Å². The van der Waals surface area contributed by atoms with E-state index in [2.05, 4.69) is 4.74 Å². The second-order valence-corrected chi connectivity index (χ2v) is 3.90. The monoisotopic (exact) mass is 270 g/mol. The summed E-state index contributed by atoms with van der Waals surface area (Å²) in [5.41, 5.74) is 0.346. The van der Waals surface area contributed by atoms with Crippen molar-refractivity contribution in [3.63, 3.8) is 0 Å². The van der Waals surface area contributed by atoms with Crippen molar-refractivity contribution < 1.29 is 29.2 Å². The van der Waals surface area contributed by atoms with Crippen LogP contribution in [-0.4, -0.2) is 43.6 Å². The van der Waals surface area contributed by atoms with Crippen LogP contribution in [0.3, 0.4) is 0 Å². The zero-order chi connectivity index (χ0) is 14.4. The molecular weight excluding hydrogens is 252 g/mol. The van der Waals surface area contributed by atoms with E-state index in [0.717, 1.165) is 0 Å². The van der Waals surface area contributed by atoms with Crippen LogP contribution in [-0.2, 0) is 9.53 Å². The Morgan fingerprint density at radius 3 is 2.42 bits per heavy atom. The number of hydrogen-bond donors (Lipinski definition) is 2. The molecule has 106 valence electrons. The summed E-state index contributed by atoms with van der Waals surface area (Å²) in [4.78, 5) is 11.1. The molecule has 0 aliphatic heterocycles. The second-order valence-electron chi connectivity index (χ2n) is 3.90. The van der Waals surface area contributed by atoms with Crippen LogP contribution in [0.4, 0.5) is 0 Å². The number of ether oxygens (including phenoxy) is 3. The molecule has 6 heteroatoms. The molecule has 0 spiro atoms. The quantitative estimate of drug-likeness (QED) is 0.739. The Morgan fingerprint density at radius 2 is 1.89 bits per heavy atom. The molecule has 1 aromatic rings. The Hall–Kier alpha value is -1.79. The third-order valence-electron chi connectivity index (χ3n) is 2.72. The molecule has 2 unspecified atom stereocenters. The number of esters is 1. The van der Waals surface area contributed by atoms with E-state index < -0.39 is 18.2 Å². The molecule has 2 N–H and O–H groups in total. The van der Waals surface area contributed by atoms with Crippen molar-refractivity contribution >= 4 is 5.97 Å². The van der Waals surface area contributed by atoms with Gasteiger partial charge in [-0.25, -0.2) is 0 Å². The van der Waals surface area contributed by atoms with Crippen LogP contribution >= 0.6 is 0 Å². The lowest BCUT2D eigenvalue weighted by Crippen LogP contribution is -2.23. The predicted molar refractivity (Wildman–Crippen MR) is 67.1 cm³/mol. The lowest BCUT2D eigenvalue weighted by atomic mass is 10.0. The normalized spacial score (nSPS) is 13.5. The summed E-state index contributed by atoms with van der Waals surface area (Å²) in [6, 6.07) is 4.83. The molecule has 1 rings (SSSR count). The largest absolute Gasteiger partial charge is 0.497 e. The number of aliphatic hydroxyl groups excluding tert-OH is 2.